The monoisotopic (exact) mass is 292 g/mol. The second kappa shape index (κ2) is 5.83. The molecular formula is C13H13ClN4O2. The van der Waals surface area contributed by atoms with Crippen molar-refractivity contribution in [2.24, 2.45) is 5.10 Å². The topological polar surface area (TPSA) is 69.2 Å². The number of hydrogen-bond acceptors (Lipinski definition) is 4. The molecule has 0 spiro atoms. The summed E-state index contributed by atoms with van der Waals surface area (Å²) >= 11 is 5.79. The van der Waals surface area contributed by atoms with Crippen molar-refractivity contribution in [3.8, 4) is 0 Å². The fourth-order valence-electron chi connectivity index (χ4n) is 1.62. The van der Waals surface area contributed by atoms with E-state index in [1.807, 2.05) is 6.92 Å². The van der Waals surface area contributed by atoms with Gasteiger partial charge < -0.3 is 0 Å². The molecule has 0 fully saturated rings. The molecule has 1 aromatic heterocycles. The van der Waals surface area contributed by atoms with Gasteiger partial charge in [-0.3, -0.25) is 4.79 Å². The van der Waals surface area contributed by atoms with Crippen molar-refractivity contribution in [3.63, 3.8) is 0 Å². The first-order valence-corrected chi connectivity index (χ1v) is 6.42. The van der Waals surface area contributed by atoms with Gasteiger partial charge in [0.15, 0.2) is 5.82 Å². The van der Waals surface area contributed by atoms with Gasteiger partial charge in [-0.05, 0) is 17.7 Å². The molecule has 0 saturated heterocycles. The van der Waals surface area contributed by atoms with Crippen LogP contribution in [-0.2, 0) is 6.42 Å². The third kappa shape index (κ3) is 2.85. The zero-order chi connectivity index (χ0) is 14.7. The van der Waals surface area contributed by atoms with Crippen LogP contribution in [0, 0.1) is 0 Å². The van der Waals surface area contributed by atoms with E-state index in [0.29, 0.717) is 17.3 Å². The Morgan fingerprint density at radius 1 is 1.40 bits per heavy atom. The zero-order valence-electron chi connectivity index (χ0n) is 11.1. The highest BCUT2D eigenvalue weighted by Gasteiger charge is 2.13. The van der Waals surface area contributed by atoms with Crippen molar-refractivity contribution in [3.05, 3.63) is 51.2 Å². The van der Waals surface area contributed by atoms with Gasteiger partial charge in [-0.15, -0.1) is 9.78 Å². The molecule has 7 heteroatoms. The van der Waals surface area contributed by atoms with Crippen LogP contribution in [0.1, 0.15) is 30.0 Å². The first-order chi connectivity index (χ1) is 9.52. The number of hydrogen-bond donors (Lipinski definition) is 0. The van der Waals surface area contributed by atoms with Crippen LogP contribution in [0.15, 0.2) is 34.2 Å². The number of benzene rings is 1. The van der Waals surface area contributed by atoms with E-state index in [1.54, 1.807) is 24.3 Å². The SMILES string of the molecule is CCc1nn(C(C)=O)c(=O)n1/N=C/c1ccc(Cl)cc1. The van der Waals surface area contributed by atoms with Gasteiger partial charge in [-0.25, -0.2) is 4.79 Å². The highest BCUT2D eigenvalue weighted by atomic mass is 35.5. The second-order valence-corrected chi connectivity index (χ2v) is 4.53. The van der Waals surface area contributed by atoms with Gasteiger partial charge in [-0.2, -0.15) is 9.78 Å². The maximum atomic E-state index is 12.0. The Morgan fingerprint density at radius 3 is 2.60 bits per heavy atom. The molecule has 0 aliphatic rings. The molecule has 1 aromatic carbocycles. The predicted octanol–water partition coefficient (Wildman–Crippen LogP) is 1.80. The fourth-order valence-corrected chi connectivity index (χ4v) is 1.74. The Bertz CT molecular complexity index is 713. The molecule has 0 N–H and O–H groups in total. The minimum Gasteiger partial charge on any atom is -0.273 e. The zero-order valence-corrected chi connectivity index (χ0v) is 11.8. The van der Waals surface area contributed by atoms with Gasteiger partial charge in [0.2, 0.25) is 5.91 Å². The minimum absolute atomic E-state index is 0.426. The highest BCUT2D eigenvalue weighted by Crippen LogP contribution is 2.08. The second-order valence-electron chi connectivity index (χ2n) is 4.09. The van der Waals surface area contributed by atoms with Crippen LogP contribution < -0.4 is 5.69 Å². The lowest BCUT2D eigenvalue weighted by Crippen LogP contribution is -2.27. The Balaban J connectivity index is 2.40. The Hall–Kier alpha value is -2.21. The number of rotatable bonds is 3. The van der Waals surface area contributed by atoms with Crippen molar-refractivity contribution in [2.45, 2.75) is 20.3 Å². The molecule has 0 atom stereocenters. The molecule has 0 aliphatic carbocycles. The standard InChI is InChI=1S/C13H13ClN4O2/c1-3-12-16-17(9(2)19)13(20)18(12)15-8-10-4-6-11(14)7-5-10/h4-8H,3H2,1-2H3/b15-8+. The van der Waals surface area contributed by atoms with Crippen molar-refractivity contribution in [1.82, 2.24) is 14.5 Å². The van der Waals surface area contributed by atoms with Crippen LogP contribution in [0.25, 0.3) is 0 Å². The van der Waals surface area contributed by atoms with Crippen molar-refractivity contribution >= 4 is 23.7 Å². The maximum absolute atomic E-state index is 12.0. The summed E-state index contributed by atoms with van der Waals surface area (Å²) in [4.78, 5) is 23.3. The number of carbonyl (C=O) groups excluding carboxylic acids is 1. The van der Waals surface area contributed by atoms with E-state index in [-0.39, 0.29) is 0 Å². The molecule has 2 rings (SSSR count). The quantitative estimate of drug-likeness (QED) is 0.810. The van der Waals surface area contributed by atoms with Crippen LogP contribution in [0.4, 0.5) is 0 Å². The third-order valence-corrected chi connectivity index (χ3v) is 2.88. The summed E-state index contributed by atoms with van der Waals surface area (Å²) in [6, 6.07) is 7.01. The van der Waals surface area contributed by atoms with E-state index in [2.05, 4.69) is 10.2 Å². The van der Waals surface area contributed by atoms with E-state index in [0.717, 1.165) is 14.9 Å². The van der Waals surface area contributed by atoms with Crippen LogP contribution in [0.2, 0.25) is 5.02 Å². The number of nitrogens with zero attached hydrogens (tertiary/aromatic N) is 4. The third-order valence-electron chi connectivity index (χ3n) is 2.63. The lowest BCUT2D eigenvalue weighted by molar-refractivity contribution is 0.0915. The van der Waals surface area contributed by atoms with Crippen molar-refractivity contribution in [2.75, 3.05) is 0 Å². The number of halogens is 1. The fraction of sp³-hybridized carbons (Fsp3) is 0.231. The maximum Gasteiger partial charge on any atom is 0.374 e. The van der Waals surface area contributed by atoms with Gasteiger partial charge in [0.1, 0.15) is 0 Å². The van der Waals surface area contributed by atoms with Gasteiger partial charge in [0.05, 0.1) is 6.21 Å². The smallest absolute Gasteiger partial charge is 0.273 e. The lowest BCUT2D eigenvalue weighted by atomic mass is 10.2. The normalized spacial score (nSPS) is 11.2. The van der Waals surface area contributed by atoms with Crippen LogP contribution in [0.5, 0.6) is 0 Å². The Morgan fingerprint density at radius 2 is 2.05 bits per heavy atom. The summed E-state index contributed by atoms with van der Waals surface area (Å²) in [5, 5.41) is 8.64. The van der Waals surface area contributed by atoms with E-state index < -0.39 is 11.6 Å². The molecule has 0 saturated carbocycles. The van der Waals surface area contributed by atoms with Gasteiger partial charge in [0, 0.05) is 18.4 Å². The summed E-state index contributed by atoms with van der Waals surface area (Å²) in [5.41, 5.74) is 0.221. The Labute approximate surface area is 120 Å². The van der Waals surface area contributed by atoms with Crippen LogP contribution >= 0.6 is 11.6 Å². The van der Waals surface area contributed by atoms with E-state index >= 15 is 0 Å². The number of aromatic nitrogens is 3. The summed E-state index contributed by atoms with van der Waals surface area (Å²) in [7, 11) is 0. The van der Waals surface area contributed by atoms with Crippen molar-refractivity contribution in [1.29, 1.82) is 0 Å². The predicted molar refractivity (Wildman–Crippen MR) is 76.6 cm³/mol. The number of aryl methyl sites for hydroxylation is 1. The van der Waals surface area contributed by atoms with E-state index in [1.165, 1.54) is 13.1 Å². The molecule has 104 valence electrons. The van der Waals surface area contributed by atoms with Gasteiger partial charge in [-0.1, -0.05) is 30.7 Å². The molecule has 20 heavy (non-hydrogen) atoms. The minimum atomic E-state index is -0.570. The molecule has 0 amide bonds. The summed E-state index contributed by atoms with van der Waals surface area (Å²) < 4.78 is 1.92. The average molecular weight is 293 g/mol. The average Bonchev–Trinajstić information content (AvgIpc) is 2.75. The Kier molecular flexibility index (Phi) is 4.14. The number of carbonyl (C=O) groups is 1. The van der Waals surface area contributed by atoms with Crippen molar-refractivity contribution < 1.29 is 4.79 Å². The van der Waals surface area contributed by atoms with Gasteiger partial charge in [0.25, 0.3) is 0 Å². The van der Waals surface area contributed by atoms with E-state index in [4.69, 9.17) is 11.6 Å². The molecule has 1 heterocycles. The molecule has 0 bridgehead atoms. The molecular weight excluding hydrogens is 280 g/mol. The largest absolute Gasteiger partial charge is 0.374 e. The molecule has 2 aromatic rings. The molecule has 6 nitrogen and oxygen atoms in total. The summed E-state index contributed by atoms with van der Waals surface area (Å²) in [6.45, 7) is 3.11. The van der Waals surface area contributed by atoms with E-state index in [9.17, 15) is 9.59 Å². The first kappa shape index (κ1) is 14.2. The van der Waals surface area contributed by atoms with Crippen LogP contribution in [-0.4, -0.2) is 26.6 Å². The highest BCUT2D eigenvalue weighted by molar-refractivity contribution is 6.30. The molecule has 0 aliphatic heterocycles. The van der Waals surface area contributed by atoms with Gasteiger partial charge >= 0.3 is 5.69 Å². The lowest BCUT2D eigenvalue weighted by Gasteiger charge is -1.96. The molecule has 0 unspecified atom stereocenters. The summed E-state index contributed by atoms with van der Waals surface area (Å²) in [5.74, 6) is -0.0134. The molecule has 0 radical (unpaired) electrons. The van der Waals surface area contributed by atoms with Crippen LogP contribution in [0.3, 0.4) is 0 Å². The first-order valence-electron chi connectivity index (χ1n) is 6.04. The summed E-state index contributed by atoms with van der Waals surface area (Å²) in [6.07, 6.45) is 2.01.